The number of rotatable bonds is 4. The molecule has 0 saturated carbocycles. The lowest BCUT2D eigenvalue weighted by Gasteiger charge is -2.07. The molecule has 2 aromatic carbocycles. The van der Waals surface area contributed by atoms with Gasteiger partial charge in [0.15, 0.2) is 17.3 Å². The predicted octanol–water partition coefficient (Wildman–Crippen LogP) is 2.48. The fourth-order valence-corrected chi connectivity index (χ4v) is 5.36. The number of phenolic OH excluding ortho intramolecular Hbond substituents is 1. The summed E-state index contributed by atoms with van der Waals surface area (Å²) in [6.07, 6.45) is 5.70. The Morgan fingerprint density at radius 3 is 2.77 bits per heavy atom. The Bertz CT molecular complexity index is 1610. The van der Waals surface area contributed by atoms with Gasteiger partial charge in [0.2, 0.25) is 0 Å². The quantitative estimate of drug-likeness (QED) is 0.476. The summed E-state index contributed by atoms with van der Waals surface area (Å²) in [6, 6.07) is 16.5. The van der Waals surface area contributed by atoms with Crippen molar-refractivity contribution in [1.29, 1.82) is 5.26 Å². The fraction of sp³-hybridized carbons (Fsp3) is 0.231. The van der Waals surface area contributed by atoms with Gasteiger partial charge in [0.1, 0.15) is 22.1 Å². The molecule has 0 unspecified atom stereocenters. The van der Waals surface area contributed by atoms with Crippen LogP contribution in [0.4, 0.5) is 0 Å². The Kier molecular flexibility index (Phi) is 6.21. The summed E-state index contributed by atoms with van der Waals surface area (Å²) in [5, 5.41) is 28.9. The molecule has 35 heavy (non-hydrogen) atoms. The number of para-hydroxylation sites is 1. The van der Waals surface area contributed by atoms with Crippen molar-refractivity contribution in [2.45, 2.75) is 32.2 Å². The third kappa shape index (κ3) is 4.24. The molecule has 0 atom stereocenters. The number of ether oxygens (including phenoxy) is 1. The Balaban J connectivity index is 1.81. The first kappa shape index (κ1) is 22.6. The average Bonchev–Trinajstić information content (AvgIpc) is 3.32. The highest BCUT2D eigenvalue weighted by Gasteiger charge is 2.21. The van der Waals surface area contributed by atoms with Crippen LogP contribution in [-0.2, 0) is 13.0 Å². The predicted molar refractivity (Wildman–Crippen MR) is 133 cm³/mol. The van der Waals surface area contributed by atoms with Crippen LogP contribution < -0.4 is 19.5 Å². The van der Waals surface area contributed by atoms with Crippen LogP contribution >= 0.6 is 11.3 Å². The van der Waals surface area contributed by atoms with Crippen LogP contribution in [0.15, 0.2) is 53.3 Å². The van der Waals surface area contributed by atoms with Gasteiger partial charge >= 0.3 is 0 Å². The van der Waals surface area contributed by atoms with Crippen molar-refractivity contribution in [2.24, 2.45) is 0 Å². The average molecular weight is 486 g/mol. The van der Waals surface area contributed by atoms with Crippen LogP contribution in [0.2, 0.25) is 0 Å². The second-order valence-corrected chi connectivity index (χ2v) is 9.24. The van der Waals surface area contributed by atoms with Gasteiger partial charge in [0.25, 0.3) is 5.56 Å². The molecular weight excluding hydrogens is 462 g/mol. The molecule has 4 aromatic rings. The van der Waals surface area contributed by atoms with Crippen molar-refractivity contribution >= 4 is 23.0 Å². The van der Waals surface area contributed by atoms with Crippen molar-refractivity contribution in [3.05, 3.63) is 85.3 Å². The third-order valence-electron chi connectivity index (χ3n) is 6.00. The molecule has 176 valence electrons. The molecule has 9 heteroatoms. The van der Waals surface area contributed by atoms with Gasteiger partial charge in [-0.25, -0.2) is 0 Å². The molecule has 0 saturated heterocycles. The molecule has 2 aromatic heterocycles. The number of aromatic nitrogens is 4. The van der Waals surface area contributed by atoms with E-state index >= 15 is 0 Å². The minimum atomic E-state index is -0.244. The van der Waals surface area contributed by atoms with E-state index < -0.39 is 0 Å². The first-order valence-corrected chi connectivity index (χ1v) is 12.1. The molecule has 0 aliphatic carbocycles. The number of aromatic hydroxyl groups is 1. The summed E-state index contributed by atoms with van der Waals surface area (Å²) in [6.45, 7) is 0.746. The number of fused-ring (bicyclic) bond motifs is 1. The zero-order valence-corrected chi connectivity index (χ0v) is 20.0. The molecule has 1 aliphatic heterocycles. The van der Waals surface area contributed by atoms with Gasteiger partial charge in [-0.1, -0.05) is 30.7 Å². The lowest BCUT2D eigenvalue weighted by atomic mass is 10.2. The number of phenols is 1. The van der Waals surface area contributed by atoms with Crippen molar-refractivity contribution in [3.8, 4) is 23.3 Å². The smallest absolute Gasteiger partial charge is 0.273 e. The van der Waals surface area contributed by atoms with Crippen molar-refractivity contribution in [3.63, 3.8) is 0 Å². The van der Waals surface area contributed by atoms with Gasteiger partial charge in [-0.3, -0.25) is 9.36 Å². The summed E-state index contributed by atoms with van der Waals surface area (Å²) in [4.78, 5) is 13.6. The van der Waals surface area contributed by atoms with E-state index in [4.69, 9.17) is 4.74 Å². The highest BCUT2D eigenvalue weighted by molar-refractivity contribution is 7.07. The van der Waals surface area contributed by atoms with Gasteiger partial charge in [-0.15, -0.1) is 21.5 Å². The van der Waals surface area contributed by atoms with Gasteiger partial charge in [-0.05, 0) is 48.7 Å². The molecule has 1 N–H and O–H groups in total. The molecule has 0 radical (unpaired) electrons. The van der Waals surface area contributed by atoms with Crippen LogP contribution in [0.5, 0.6) is 11.5 Å². The molecule has 0 bridgehead atoms. The number of benzene rings is 2. The maximum atomic E-state index is 13.6. The molecule has 0 amide bonds. The minimum absolute atomic E-state index is 0.0193. The van der Waals surface area contributed by atoms with E-state index in [1.807, 2.05) is 34.9 Å². The van der Waals surface area contributed by atoms with Crippen LogP contribution in [0.25, 0.3) is 17.3 Å². The number of thiazole rings is 1. The Morgan fingerprint density at radius 2 is 2.00 bits per heavy atom. The van der Waals surface area contributed by atoms with E-state index in [9.17, 15) is 15.2 Å². The van der Waals surface area contributed by atoms with Crippen molar-refractivity contribution in [2.75, 3.05) is 7.11 Å². The largest absolute Gasteiger partial charge is 0.504 e. The minimum Gasteiger partial charge on any atom is -0.504 e. The van der Waals surface area contributed by atoms with Crippen molar-refractivity contribution < 1.29 is 9.84 Å². The number of nitrogens with zero attached hydrogens (tertiary/aromatic N) is 5. The standard InChI is InChI=1S/C26H23N5O3S/c1-34-21-14-17(11-12-20(21)32)15-22-25(33)31(18-8-4-2-5-9-18)26(35-22)19(16-27)24-29-28-23-10-6-3-7-13-30(23)24/h2,4-5,8-9,11-12,14-15,32H,3,6-7,10,13H2,1H3/b22-15-,26-19-. The second kappa shape index (κ2) is 9.60. The van der Waals surface area contributed by atoms with E-state index in [0.29, 0.717) is 37.6 Å². The second-order valence-electron chi connectivity index (χ2n) is 8.21. The maximum absolute atomic E-state index is 13.6. The van der Waals surface area contributed by atoms with E-state index in [1.54, 1.807) is 22.8 Å². The molecule has 5 rings (SSSR count). The fourth-order valence-electron chi connectivity index (χ4n) is 4.26. The van der Waals surface area contributed by atoms with Crippen molar-refractivity contribution in [1.82, 2.24) is 19.3 Å². The molecule has 1 aliphatic rings. The van der Waals surface area contributed by atoms with Crippen LogP contribution in [0.1, 0.15) is 36.5 Å². The summed E-state index contributed by atoms with van der Waals surface area (Å²) in [7, 11) is 1.47. The van der Waals surface area contributed by atoms with Gasteiger partial charge in [0, 0.05) is 13.0 Å². The number of nitriles is 1. The molecule has 3 heterocycles. The molecule has 8 nitrogen and oxygen atoms in total. The summed E-state index contributed by atoms with van der Waals surface area (Å²) < 4.78 is 9.72. The first-order chi connectivity index (χ1) is 17.1. The topological polar surface area (TPSA) is 106 Å². The SMILES string of the molecule is COc1cc(/C=c2\s/c(=C(/C#N)c3nnc4n3CCCCC4)n(-c3ccccc3)c2=O)ccc1O. The monoisotopic (exact) mass is 485 g/mol. The summed E-state index contributed by atoms with van der Waals surface area (Å²) in [5.41, 5.74) is 1.43. The van der Waals surface area contributed by atoms with E-state index in [2.05, 4.69) is 16.3 Å². The third-order valence-corrected chi connectivity index (χ3v) is 7.09. The van der Waals surface area contributed by atoms with Gasteiger partial charge in [0.05, 0.1) is 17.3 Å². The first-order valence-electron chi connectivity index (χ1n) is 11.3. The van der Waals surface area contributed by atoms with Crippen LogP contribution in [0.3, 0.4) is 0 Å². The lowest BCUT2D eigenvalue weighted by molar-refractivity contribution is 0.373. The zero-order valence-electron chi connectivity index (χ0n) is 19.1. The number of aryl methyl sites for hydroxylation is 1. The molecule has 0 spiro atoms. The highest BCUT2D eigenvalue weighted by atomic mass is 32.1. The van der Waals surface area contributed by atoms with E-state index in [1.165, 1.54) is 24.5 Å². The van der Waals surface area contributed by atoms with E-state index in [-0.39, 0.29) is 11.3 Å². The number of hydrogen-bond donors (Lipinski definition) is 1. The summed E-state index contributed by atoms with van der Waals surface area (Å²) >= 11 is 1.23. The number of hydrogen-bond acceptors (Lipinski definition) is 7. The molecular formula is C26H23N5O3S. The maximum Gasteiger partial charge on any atom is 0.273 e. The lowest BCUT2D eigenvalue weighted by Crippen LogP contribution is -2.31. The molecule has 0 fully saturated rings. The number of methoxy groups -OCH3 is 1. The highest BCUT2D eigenvalue weighted by Crippen LogP contribution is 2.26. The summed E-state index contributed by atoms with van der Waals surface area (Å²) in [5.74, 6) is 1.70. The van der Waals surface area contributed by atoms with Gasteiger partial charge < -0.3 is 14.4 Å². The zero-order chi connectivity index (χ0) is 24.4. The Hall–Kier alpha value is -4.16. The van der Waals surface area contributed by atoms with Gasteiger partial charge in [-0.2, -0.15) is 5.26 Å². The van der Waals surface area contributed by atoms with Crippen LogP contribution in [0, 0.1) is 11.3 Å². The van der Waals surface area contributed by atoms with E-state index in [0.717, 1.165) is 38.1 Å². The Labute approximate surface area is 205 Å². The Morgan fingerprint density at radius 1 is 1.17 bits per heavy atom. The normalized spacial score (nSPS) is 14.7. The van der Waals surface area contributed by atoms with Crippen LogP contribution in [-0.4, -0.2) is 31.5 Å².